The first kappa shape index (κ1) is 19.2. The number of halogens is 1. The van der Waals surface area contributed by atoms with E-state index in [9.17, 15) is 14.4 Å². The summed E-state index contributed by atoms with van der Waals surface area (Å²) in [4.78, 5) is 38.6. The number of amides is 2. The van der Waals surface area contributed by atoms with Gasteiger partial charge in [-0.1, -0.05) is 24.9 Å². The van der Waals surface area contributed by atoms with Gasteiger partial charge in [0.15, 0.2) is 0 Å². The Balaban J connectivity index is 2.14. The lowest BCUT2D eigenvalue weighted by molar-refractivity contribution is -0.141. The third-order valence-corrected chi connectivity index (χ3v) is 4.75. The summed E-state index contributed by atoms with van der Waals surface area (Å²) in [5, 5.41) is 2.99. The van der Waals surface area contributed by atoms with E-state index < -0.39 is 11.4 Å². The molecule has 0 radical (unpaired) electrons. The summed E-state index contributed by atoms with van der Waals surface area (Å²) in [6.45, 7) is 2.68. The molecule has 1 aromatic carbocycles. The van der Waals surface area contributed by atoms with Gasteiger partial charge in [0.2, 0.25) is 11.8 Å². The number of ether oxygens (including phenoxy) is 1. The van der Waals surface area contributed by atoms with E-state index in [1.54, 1.807) is 11.9 Å². The van der Waals surface area contributed by atoms with Crippen LogP contribution in [0.25, 0.3) is 0 Å². The van der Waals surface area contributed by atoms with Crippen molar-refractivity contribution in [2.24, 2.45) is 5.41 Å². The highest BCUT2D eigenvalue weighted by Crippen LogP contribution is 2.48. The number of nitrogens with one attached hydrogen (secondary N) is 1. The van der Waals surface area contributed by atoms with Crippen LogP contribution in [0.3, 0.4) is 0 Å². The highest BCUT2D eigenvalue weighted by molar-refractivity contribution is 6.34. The molecule has 1 aliphatic carbocycles. The molecule has 2 rings (SSSR count). The Hall–Kier alpha value is -2.08. The van der Waals surface area contributed by atoms with Crippen LogP contribution >= 0.6 is 11.6 Å². The van der Waals surface area contributed by atoms with Crippen LogP contribution in [0.1, 0.15) is 43.0 Å². The topological polar surface area (TPSA) is 75.7 Å². The molecule has 0 unspecified atom stereocenters. The van der Waals surface area contributed by atoms with Crippen LogP contribution in [-0.4, -0.2) is 43.4 Å². The third-order valence-electron chi connectivity index (χ3n) is 4.42. The number of unbranched alkanes of at least 4 members (excludes halogenated alkanes) is 1. The summed E-state index contributed by atoms with van der Waals surface area (Å²) in [5.41, 5.74) is -0.448. The van der Waals surface area contributed by atoms with Crippen molar-refractivity contribution in [3.8, 4) is 0 Å². The molecule has 25 heavy (non-hydrogen) atoms. The Labute approximate surface area is 152 Å². The third kappa shape index (κ3) is 4.12. The molecular formula is C18H23ClN2O4. The Bertz CT molecular complexity index is 686. The van der Waals surface area contributed by atoms with Crippen molar-refractivity contribution in [3.05, 3.63) is 28.8 Å². The van der Waals surface area contributed by atoms with Crippen molar-refractivity contribution in [3.63, 3.8) is 0 Å². The average molecular weight is 367 g/mol. The zero-order valence-electron chi connectivity index (χ0n) is 14.7. The van der Waals surface area contributed by atoms with Crippen molar-refractivity contribution in [2.75, 3.05) is 26.0 Å². The van der Waals surface area contributed by atoms with Crippen LogP contribution in [-0.2, 0) is 14.3 Å². The van der Waals surface area contributed by atoms with Crippen molar-refractivity contribution < 1.29 is 19.1 Å². The molecule has 0 bridgehead atoms. The zero-order valence-corrected chi connectivity index (χ0v) is 15.5. The Morgan fingerprint density at radius 1 is 1.32 bits per heavy atom. The lowest BCUT2D eigenvalue weighted by atomic mass is 10.0. The van der Waals surface area contributed by atoms with Crippen LogP contribution in [0.15, 0.2) is 18.2 Å². The summed E-state index contributed by atoms with van der Waals surface area (Å²) >= 11 is 6.11. The van der Waals surface area contributed by atoms with Crippen molar-refractivity contribution in [1.29, 1.82) is 0 Å². The first-order valence-corrected chi connectivity index (χ1v) is 8.68. The van der Waals surface area contributed by atoms with Crippen LogP contribution < -0.4 is 5.32 Å². The van der Waals surface area contributed by atoms with Gasteiger partial charge < -0.3 is 15.0 Å². The first-order valence-electron chi connectivity index (χ1n) is 8.30. The maximum atomic E-state index is 12.7. The maximum absolute atomic E-state index is 12.7. The second kappa shape index (κ2) is 7.87. The molecule has 0 heterocycles. The number of carbonyl (C=O) groups excluding carboxylic acids is 3. The number of methoxy groups -OCH3 is 1. The number of esters is 1. The minimum atomic E-state index is -1.02. The Morgan fingerprint density at radius 2 is 2.00 bits per heavy atom. The first-order chi connectivity index (χ1) is 11.9. The van der Waals surface area contributed by atoms with E-state index in [1.807, 2.05) is 6.92 Å². The molecule has 6 nitrogen and oxygen atoms in total. The minimum Gasteiger partial charge on any atom is -0.465 e. The van der Waals surface area contributed by atoms with Gasteiger partial charge in [0.25, 0.3) is 0 Å². The lowest BCUT2D eigenvalue weighted by Crippen LogP contribution is -2.41. The van der Waals surface area contributed by atoms with E-state index in [2.05, 4.69) is 10.1 Å². The molecule has 1 N–H and O–H groups in total. The van der Waals surface area contributed by atoms with E-state index in [4.69, 9.17) is 11.6 Å². The molecule has 1 saturated carbocycles. The van der Waals surface area contributed by atoms with Gasteiger partial charge in [0.05, 0.1) is 23.4 Å². The molecule has 7 heteroatoms. The fourth-order valence-corrected chi connectivity index (χ4v) is 2.80. The Kier molecular flexibility index (Phi) is 6.06. The molecule has 1 fully saturated rings. The average Bonchev–Trinajstić information content (AvgIpc) is 3.42. The van der Waals surface area contributed by atoms with E-state index in [-0.39, 0.29) is 17.4 Å². The molecule has 0 atom stereocenters. The van der Waals surface area contributed by atoms with Crippen molar-refractivity contribution in [1.82, 2.24) is 4.90 Å². The monoisotopic (exact) mass is 366 g/mol. The number of benzene rings is 1. The number of nitrogens with zero attached hydrogens (tertiary/aromatic N) is 1. The highest BCUT2D eigenvalue weighted by Gasteiger charge is 2.57. The predicted molar refractivity (Wildman–Crippen MR) is 95.6 cm³/mol. The lowest BCUT2D eigenvalue weighted by Gasteiger charge is -2.23. The van der Waals surface area contributed by atoms with Crippen LogP contribution in [0.5, 0.6) is 0 Å². The second-order valence-electron chi connectivity index (χ2n) is 6.30. The van der Waals surface area contributed by atoms with Crippen LogP contribution in [0.2, 0.25) is 5.02 Å². The fraction of sp³-hybridized carbons (Fsp3) is 0.500. The van der Waals surface area contributed by atoms with Crippen molar-refractivity contribution >= 4 is 35.1 Å². The predicted octanol–water partition coefficient (Wildman–Crippen LogP) is 3.10. The molecule has 1 aliphatic rings. The normalized spacial score (nSPS) is 14.6. The molecule has 0 aromatic heterocycles. The van der Waals surface area contributed by atoms with Gasteiger partial charge in [-0.15, -0.1) is 0 Å². The number of hydrogen-bond donors (Lipinski definition) is 1. The second-order valence-corrected chi connectivity index (χ2v) is 6.71. The number of rotatable bonds is 7. The SMILES string of the molecule is CCCCN(C)C(=O)C1(C(=O)Nc2cc(C(=O)OC)ccc2Cl)CC1. The van der Waals surface area contributed by atoms with Gasteiger partial charge in [-0.05, 0) is 37.5 Å². The molecule has 0 aliphatic heterocycles. The minimum absolute atomic E-state index is 0.168. The van der Waals surface area contributed by atoms with Gasteiger partial charge >= 0.3 is 5.97 Å². The summed E-state index contributed by atoms with van der Waals surface area (Å²) < 4.78 is 4.67. The summed E-state index contributed by atoms with van der Waals surface area (Å²) in [5.74, 6) is -1.08. The molecule has 2 amide bonds. The van der Waals surface area contributed by atoms with Gasteiger partial charge in [-0.2, -0.15) is 0 Å². The molecule has 0 saturated heterocycles. The number of hydrogen-bond acceptors (Lipinski definition) is 4. The van der Waals surface area contributed by atoms with Crippen molar-refractivity contribution in [2.45, 2.75) is 32.6 Å². The molecular weight excluding hydrogens is 344 g/mol. The van der Waals surface area contributed by atoms with Gasteiger partial charge in [0.1, 0.15) is 5.41 Å². The number of anilines is 1. The standard InChI is InChI=1S/C18H23ClN2O4/c1-4-5-10-21(2)17(24)18(8-9-18)16(23)20-14-11-12(15(22)25-3)6-7-13(14)19/h6-7,11H,4-5,8-10H2,1-3H3,(H,20,23). The van der Waals surface area contributed by atoms with Crippen LogP contribution in [0, 0.1) is 5.41 Å². The van der Waals surface area contributed by atoms with E-state index in [0.29, 0.717) is 30.1 Å². The largest absolute Gasteiger partial charge is 0.465 e. The van der Waals surface area contributed by atoms with E-state index in [1.165, 1.54) is 25.3 Å². The Morgan fingerprint density at radius 3 is 2.56 bits per heavy atom. The van der Waals surface area contributed by atoms with Gasteiger partial charge in [-0.25, -0.2) is 4.79 Å². The smallest absolute Gasteiger partial charge is 0.337 e. The van der Waals surface area contributed by atoms with E-state index in [0.717, 1.165) is 12.8 Å². The molecule has 0 spiro atoms. The summed E-state index contributed by atoms with van der Waals surface area (Å²) in [6, 6.07) is 4.48. The quantitative estimate of drug-likeness (QED) is 0.594. The fourth-order valence-electron chi connectivity index (χ4n) is 2.63. The van der Waals surface area contributed by atoms with E-state index >= 15 is 0 Å². The summed E-state index contributed by atoms with van der Waals surface area (Å²) in [6.07, 6.45) is 2.91. The highest BCUT2D eigenvalue weighted by atomic mass is 35.5. The summed E-state index contributed by atoms with van der Waals surface area (Å²) in [7, 11) is 3.00. The van der Waals surface area contributed by atoms with Crippen LogP contribution in [0.4, 0.5) is 5.69 Å². The maximum Gasteiger partial charge on any atom is 0.337 e. The molecule has 136 valence electrons. The zero-order chi connectivity index (χ0) is 18.6. The van der Waals surface area contributed by atoms with Gasteiger partial charge in [0, 0.05) is 13.6 Å². The number of carbonyl (C=O) groups is 3. The molecule has 1 aromatic rings. The van der Waals surface area contributed by atoms with Gasteiger partial charge in [-0.3, -0.25) is 9.59 Å².